The summed E-state index contributed by atoms with van der Waals surface area (Å²) in [6, 6.07) is 6.43. The van der Waals surface area contributed by atoms with E-state index in [-0.39, 0.29) is 6.04 Å². The Bertz CT molecular complexity index is 382. The first kappa shape index (κ1) is 14.4. The monoisotopic (exact) mass is 271 g/mol. The average Bonchev–Trinajstić information content (AvgIpc) is 2.89. The van der Waals surface area contributed by atoms with E-state index >= 15 is 0 Å². The molecule has 1 fully saturated rings. The van der Waals surface area contributed by atoms with Gasteiger partial charge >= 0.3 is 6.18 Å². The Hall–Kier alpha value is -1.03. The third kappa shape index (κ3) is 3.72. The number of hydrogen-bond acceptors (Lipinski definition) is 1. The predicted molar refractivity (Wildman–Crippen MR) is 69.8 cm³/mol. The standard InChI is InChI=1S/C15H20F3N/c1-11(12-7-5-6-8-12)19-14(15(16,17)18)13-9-3-2-4-10-13/h2-4,9-12,14,19H,5-8H2,1H3/t11-,14?/m1/s1. The van der Waals surface area contributed by atoms with Crippen LogP contribution in [-0.4, -0.2) is 12.2 Å². The molecule has 1 aliphatic rings. The second kappa shape index (κ2) is 5.95. The van der Waals surface area contributed by atoms with Gasteiger partial charge in [-0.25, -0.2) is 0 Å². The fourth-order valence-corrected chi connectivity index (χ4v) is 2.88. The molecule has 0 saturated heterocycles. The number of benzene rings is 1. The molecule has 0 amide bonds. The molecule has 0 aliphatic heterocycles. The zero-order valence-corrected chi connectivity index (χ0v) is 11.1. The van der Waals surface area contributed by atoms with E-state index in [1.165, 1.54) is 12.1 Å². The molecule has 1 saturated carbocycles. The lowest BCUT2D eigenvalue weighted by Gasteiger charge is -2.29. The van der Waals surface area contributed by atoms with Crippen LogP contribution in [0.15, 0.2) is 30.3 Å². The number of halogens is 3. The minimum Gasteiger partial charge on any atom is -0.300 e. The van der Waals surface area contributed by atoms with Gasteiger partial charge in [0.15, 0.2) is 0 Å². The predicted octanol–water partition coefficient (Wildman–Crippen LogP) is 4.46. The van der Waals surface area contributed by atoms with Crippen LogP contribution in [0.3, 0.4) is 0 Å². The number of hydrogen-bond donors (Lipinski definition) is 1. The highest BCUT2D eigenvalue weighted by Gasteiger charge is 2.42. The summed E-state index contributed by atoms with van der Waals surface area (Å²) in [7, 11) is 0. The van der Waals surface area contributed by atoms with E-state index in [4.69, 9.17) is 0 Å². The van der Waals surface area contributed by atoms with Gasteiger partial charge in [0.25, 0.3) is 0 Å². The van der Waals surface area contributed by atoms with Gasteiger partial charge in [0.1, 0.15) is 6.04 Å². The smallest absolute Gasteiger partial charge is 0.300 e. The summed E-state index contributed by atoms with van der Waals surface area (Å²) in [6.45, 7) is 1.87. The van der Waals surface area contributed by atoms with Gasteiger partial charge < -0.3 is 0 Å². The summed E-state index contributed by atoms with van der Waals surface area (Å²) < 4.78 is 39.6. The molecule has 0 spiro atoms. The number of nitrogens with one attached hydrogen (secondary N) is 1. The van der Waals surface area contributed by atoms with E-state index in [0.29, 0.717) is 11.5 Å². The van der Waals surface area contributed by atoms with Crippen molar-refractivity contribution in [3.05, 3.63) is 35.9 Å². The Kier molecular flexibility index (Phi) is 4.50. The Morgan fingerprint density at radius 3 is 2.21 bits per heavy atom. The second-order valence-corrected chi connectivity index (χ2v) is 5.39. The first-order valence-electron chi connectivity index (χ1n) is 6.86. The van der Waals surface area contributed by atoms with Gasteiger partial charge in [-0.05, 0) is 31.2 Å². The topological polar surface area (TPSA) is 12.0 Å². The minimum atomic E-state index is -4.26. The zero-order chi connectivity index (χ0) is 13.9. The molecular weight excluding hydrogens is 251 g/mol. The summed E-state index contributed by atoms with van der Waals surface area (Å²) in [4.78, 5) is 0. The van der Waals surface area contributed by atoms with Crippen molar-refractivity contribution in [2.24, 2.45) is 5.92 Å². The lowest BCUT2D eigenvalue weighted by Crippen LogP contribution is -2.42. The van der Waals surface area contributed by atoms with E-state index in [1.807, 2.05) is 6.92 Å². The molecule has 1 N–H and O–H groups in total. The van der Waals surface area contributed by atoms with E-state index in [0.717, 1.165) is 25.7 Å². The summed E-state index contributed by atoms with van der Waals surface area (Å²) in [5.74, 6) is 0.369. The lowest BCUT2D eigenvalue weighted by atomic mass is 9.97. The third-order valence-corrected chi connectivity index (χ3v) is 4.00. The normalized spacial score (nSPS) is 20.4. The van der Waals surface area contributed by atoms with Crippen molar-refractivity contribution >= 4 is 0 Å². The molecule has 0 radical (unpaired) electrons. The first-order chi connectivity index (χ1) is 8.98. The maximum atomic E-state index is 13.2. The maximum Gasteiger partial charge on any atom is 0.407 e. The molecule has 2 atom stereocenters. The van der Waals surface area contributed by atoms with Crippen molar-refractivity contribution in [3.63, 3.8) is 0 Å². The Morgan fingerprint density at radius 2 is 1.68 bits per heavy atom. The molecule has 1 nitrogen and oxygen atoms in total. The fraction of sp³-hybridized carbons (Fsp3) is 0.600. The van der Waals surface area contributed by atoms with Gasteiger partial charge in [-0.2, -0.15) is 13.2 Å². The summed E-state index contributed by atoms with van der Waals surface area (Å²) >= 11 is 0. The number of rotatable bonds is 4. The van der Waals surface area contributed by atoms with Crippen LogP contribution in [0.4, 0.5) is 13.2 Å². The SMILES string of the molecule is C[C@@H](NC(c1ccccc1)C(F)(F)F)C1CCCC1. The van der Waals surface area contributed by atoms with Crippen LogP contribution >= 0.6 is 0 Å². The van der Waals surface area contributed by atoms with Gasteiger partial charge in [0.2, 0.25) is 0 Å². The molecule has 2 rings (SSSR count). The largest absolute Gasteiger partial charge is 0.407 e. The van der Waals surface area contributed by atoms with Gasteiger partial charge in [-0.3, -0.25) is 5.32 Å². The van der Waals surface area contributed by atoms with Crippen molar-refractivity contribution in [1.82, 2.24) is 5.32 Å². The van der Waals surface area contributed by atoms with Crippen LogP contribution in [0.5, 0.6) is 0 Å². The summed E-state index contributed by atoms with van der Waals surface area (Å²) in [5.41, 5.74) is 0.292. The summed E-state index contributed by atoms with van der Waals surface area (Å²) in [5, 5.41) is 2.79. The Morgan fingerprint density at radius 1 is 1.11 bits per heavy atom. The van der Waals surface area contributed by atoms with Gasteiger partial charge in [0, 0.05) is 6.04 Å². The number of alkyl halides is 3. The molecule has 0 bridgehead atoms. The van der Waals surface area contributed by atoms with Crippen molar-refractivity contribution in [1.29, 1.82) is 0 Å². The zero-order valence-electron chi connectivity index (χ0n) is 11.1. The maximum absolute atomic E-state index is 13.2. The molecule has 1 aromatic carbocycles. The lowest BCUT2D eigenvalue weighted by molar-refractivity contribution is -0.160. The molecule has 0 heterocycles. The highest BCUT2D eigenvalue weighted by atomic mass is 19.4. The molecule has 19 heavy (non-hydrogen) atoms. The van der Waals surface area contributed by atoms with Crippen LogP contribution in [0.1, 0.15) is 44.2 Å². The first-order valence-corrected chi connectivity index (χ1v) is 6.86. The highest BCUT2D eigenvalue weighted by molar-refractivity contribution is 5.20. The van der Waals surface area contributed by atoms with Crippen molar-refractivity contribution in [2.45, 2.75) is 50.9 Å². The van der Waals surface area contributed by atoms with Crippen LogP contribution < -0.4 is 5.32 Å². The molecule has 1 aliphatic carbocycles. The fourth-order valence-electron chi connectivity index (χ4n) is 2.88. The van der Waals surface area contributed by atoms with Gasteiger partial charge in [-0.15, -0.1) is 0 Å². The van der Waals surface area contributed by atoms with E-state index in [9.17, 15) is 13.2 Å². The molecule has 0 aromatic heterocycles. The third-order valence-electron chi connectivity index (χ3n) is 4.00. The van der Waals surface area contributed by atoms with Crippen LogP contribution in [0, 0.1) is 5.92 Å². The van der Waals surface area contributed by atoms with E-state index in [2.05, 4.69) is 5.32 Å². The van der Waals surface area contributed by atoms with E-state index in [1.54, 1.807) is 18.2 Å². The van der Waals surface area contributed by atoms with Gasteiger partial charge in [0.05, 0.1) is 0 Å². The summed E-state index contributed by atoms with van der Waals surface area (Å²) in [6.07, 6.45) is 0.0900. The Labute approximate surface area is 112 Å². The Balaban J connectivity index is 2.10. The highest BCUT2D eigenvalue weighted by Crippen LogP contribution is 2.35. The van der Waals surface area contributed by atoms with E-state index < -0.39 is 12.2 Å². The van der Waals surface area contributed by atoms with Crippen molar-refractivity contribution in [3.8, 4) is 0 Å². The van der Waals surface area contributed by atoms with Crippen LogP contribution in [0.25, 0.3) is 0 Å². The molecule has 1 aromatic rings. The quantitative estimate of drug-likeness (QED) is 0.852. The van der Waals surface area contributed by atoms with Crippen molar-refractivity contribution in [2.75, 3.05) is 0 Å². The molecule has 106 valence electrons. The molecule has 1 unspecified atom stereocenters. The van der Waals surface area contributed by atoms with Gasteiger partial charge in [-0.1, -0.05) is 43.2 Å². The van der Waals surface area contributed by atoms with Crippen LogP contribution in [0.2, 0.25) is 0 Å². The second-order valence-electron chi connectivity index (χ2n) is 5.39. The van der Waals surface area contributed by atoms with Crippen molar-refractivity contribution < 1.29 is 13.2 Å². The minimum absolute atomic E-state index is 0.102. The van der Waals surface area contributed by atoms with Crippen LogP contribution in [-0.2, 0) is 0 Å². The average molecular weight is 271 g/mol. The molecule has 4 heteroatoms. The molecular formula is C15H20F3N.